The van der Waals surface area contributed by atoms with Crippen molar-refractivity contribution in [3.8, 4) is 5.75 Å². The topological polar surface area (TPSA) is 21.3 Å². The molecule has 1 aromatic rings. The molecule has 0 aromatic heterocycles. The lowest BCUT2D eigenvalue weighted by molar-refractivity contribution is 0.348. The summed E-state index contributed by atoms with van der Waals surface area (Å²) in [6.45, 7) is 9.34. The highest BCUT2D eigenvalue weighted by Crippen LogP contribution is 2.27. The van der Waals surface area contributed by atoms with Crippen LogP contribution < -0.4 is 10.1 Å². The maximum Gasteiger partial charge on any atom is 0.124 e. The Labute approximate surface area is 115 Å². The van der Waals surface area contributed by atoms with E-state index >= 15 is 0 Å². The zero-order valence-corrected chi connectivity index (χ0v) is 12.0. The maximum atomic E-state index is 5.74. The molecule has 0 aliphatic rings. The number of nitrogens with one attached hydrogen (secondary N) is 1. The fourth-order valence-corrected chi connectivity index (χ4v) is 1.90. The Hall–Kier alpha value is -0.990. The minimum absolute atomic E-state index is 0.324. The Morgan fingerprint density at radius 3 is 2.72 bits per heavy atom. The first-order valence-electron chi connectivity index (χ1n) is 6.47. The van der Waals surface area contributed by atoms with Crippen LogP contribution in [0, 0.1) is 0 Å². The fourth-order valence-electron chi connectivity index (χ4n) is 1.85. The van der Waals surface area contributed by atoms with Crippen molar-refractivity contribution in [1.29, 1.82) is 0 Å². The molecule has 1 N–H and O–H groups in total. The summed E-state index contributed by atoms with van der Waals surface area (Å²) in [6, 6.07) is 8.41. The van der Waals surface area contributed by atoms with Gasteiger partial charge in [-0.05, 0) is 25.5 Å². The predicted octanol–water partition coefficient (Wildman–Crippen LogP) is 4.27. The van der Waals surface area contributed by atoms with Crippen molar-refractivity contribution < 1.29 is 4.74 Å². The molecule has 1 aromatic carbocycles. The SMILES string of the molecule is C=C(Cl)COc1ccccc1C(CC)NCCC. The predicted molar refractivity (Wildman–Crippen MR) is 78.3 cm³/mol. The second-order valence-electron chi connectivity index (χ2n) is 4.26. The van der Waals surface area contributed by atoms with Crippen molar-refractivity contribution in [3.63, 3.8) is 0 Å². The molecule has 100 valence electrons. The fraction of sp³-hybridized carbons (Fsp3) is 0.467. The summed E-state index contributed by atoms with van der Waals surface area (Å²) in [5, 5.41) is 4.04. The van der Waals surface area contributed by atoms with Crippen LogP contribution in [0.1, 0.15) is 38.3 Å². The molecule has 0 saturated heterocycles. The van der Waals surface area contributed by atoms with Crippen LogP contribution in [0.25, 0.3) is 0 Å². The lowest BCUT2D eigenvalue weighted by Crippen LogP contribution is -2.22. The van der Waals surface area contributed by atoms with Gasteiger partial charge >= 0.3 is 0 Å². The molecule has 0 saturated carbocycles. The van der Waals surface area contributed by atoms with Gasteiger partial charge in [-0.15, -0.1) is 0 Å². The summed E-state index contributed by atoms with van der Waals surface area (Å²) in [6.07, 6.45) is 2.15. The van der Waals surface area contributed by atoms with E-state index in [-0.39, 0.29) is 0 Å². The first kappa shape index (κ1) is 15.1. The lowest BCUT2D eigenvalue weighted by Gasteiger charge is -2.20. The van der Waals surface area contributed by atoms with Crippen molar-refractivity contribution in [2.24, 2.45) is 0 Å². The molecule has 0 amide bonds. The molecule has 0 aliphatic carbocycles. The van der Waals surface area contributed by atoms with Gasteiger partial charge in [0.2, 0.25) is 0 Å². The van der Waals surface area contributed by atoms with Gasteiger partial charge in [0.25, 0.3) is 0 Å². The van der Waals surface area contributed by atoms with Crippen LogP contribution in [0.5, 0.6) is 5.75 Å². The van der Waals surface area contributed by atoms with E-state index in [1.807, 2.05) is 18.2 Å². The molecule has 0 bridgehead atoms. The van der Waals surface area contributed by atoms with Crippen LogP contribution in [-0.2, 0) is 0 Å². The van der Waals surface area contributed by atoms with Gasteiger partial charge in [-0.2, -0.15) is 0 Å². The van der Waals surface area contributed by atoms with Crippen LogP contribution in [0.2, 0.25) is 0 Å². The van der Waals surface area contributed by atoms with E-state index in [0.717, 1.165) is 25.1 Å². The van der Waals surface area contributed by atoms with E-state index in [2.05, 4.69) is 31.8 Å². The third-order valence-electron chi connectivity index (χ3n) is 2.73. The second-order valence-corrected chi connectivity index (χ2v) is 4.79. The summed E-state index contributed by atoms with van der Waals surface area (Å²) in [7, 11) is 0. The largest absolute Gasteiger partial charge is 0.488 e. The molecule has 0 spiro atoms. The summed E-state index contributed by atoms with van der Waals surface area (Å²) >= 11 is 5.74. The van der Waals surface area contributed by atoms with E-state index in [1.165, 1.54) is 5.56 Å². The first-order chi connectivity index (χ1) is 8.69. The molecule has 1 rings (SSSR count). The third kappa shape index (κ3) is 4.71. The van der Waals surface area contributed by atoms with Crippen molar-refractivity contribution in [1.82, 2.24) is 5.32 Å². The minimum atomic E-state index is 0.324. The smallest absolute Gasteiger partial charge is 0.124 e. The van der Waals surface area contributed by atoms with E-state index in [9.17, 15) is 0 Å². The monoisotopic (exact) mass is 267 g/mol. The average molecular weight is 268 g/mol. The Balaban J connectivity index is 2.81. The van der Waals surface area contributed by atoms with Gasteiger partial charge < -0.3 is 10.1 Å². The summed E-state index contributed by atoms with van der Waals surface area (Å²) < 4.78 is 5.69. The van der Waals surface area contributed by atoms with E-state index in [1.54, 1.807) is 0 Å². The Morgan fingerprint density at radius 2 is 2.11 bits per heavy atom. The molecule has 0 fully saturated rings. The van der Waals surface area contributed by atoms with Crippen LogP contribution in [0.4, 0.5) is 0 Å². The molecule has 1 unspecified atom stereocenters. The average Bonchev–Trinajstić information content (AvgIpc) is 2.38. The quantitative estimate of drug-likeness (QED) is 0.760. The number of hydrogen-bond acceptors (Lipinski definition) is 2. The molecule has 18 heavy (non-hydrogen) atoms. The summed E-state index contributed by atoms with van der Waals surface area (Å²) in [5.74, 6) is 0.884. The molecule has 2 nitrogen and oxygen atoms in total. The molecular weight excluding hydrogens is 246 g/mol. The van der Waals surface area contributed by atoms with Crippen LogP contribution in [-0.4, -0.2) is 13.2 Å². The zero-order valence-electron chi connectivity index (χ0n) is 11.2. The van der Waals surface area contributed by atoms with E-state index in [0.29, 0.717) is 17.7 Å². The molecule has 1 atom stereocenters. The number of benzene rings is 1. The summed E-state index contributed by atoms with van der Waals surface area (Å²) in [5.41, 5.74) is 1.19. The van der Waals surface area contributed by atoms with Crippen molar-refractivity contribution in [3.05, 3.63) is 41.4 Å². The van der Waals surface area contributed by atoms with Gasteiger partial charge in [-0.3, -0.25) is 0 Å². The number of rotatable bonds is 8. The van der Waals surface area contributed by atoms with Crippen molar-refractivity contribution in [2.75, 3.05) is 13.2 Å². The van der Waals surface area contributed by atoms with Crippen LogP contribution in [0.15, 0.2) is 35.9 Å². The summed E-state index contributed by atoms with van der Waals surface area (Å²) in [4.78, 5) is 0. The van der Waals surface area contributed by atoms with Crippen molar-refractivity contribution in [2.45, 2.75) is 32.7 Å². The van der Waals surface area contributed by atoms with Crippen molar-refractivity contribution >= 4 is 11.6 Å². The molecular formula is C15H22ClNO. The van der Waals surface area contributed by atoms with Crippen LogP contribution >= 0.6 is 11.6 Å². The molecule has 0 heterocycles. The zero-order chi connectivity index (χ0) is 13.4. The molecule has 0 radical (unpaired) electrons. The number of ether oxygens (including phenoxy) is 1. The minimum Gasteiger partial charge on any atom is -0.488 e. The number of para-hydroxylation sites is 1. The van der Waals surface area contributed by atoms with Gasteiger partial charge in [0, 0.05) is 16.6 Å². The Morgan fingerprint density at radius 1 is 1.39 bits per heavy atom. The third-order valence-corrected chi connectivity index (χ3v) is 2.84. The first-order valence-corrected chi connectivity index (χ1v) is 6.85. The molecule has 3 heteroatoms. The standard InChI is InChI=1S/C15H22ClNO/c1-4-10-17-14(5-2)13-8-6-7-9-15(13)18-11-12(3)16/h6-9,14,17H,3-5,10-11H2,1-2H3. The number of halogens is 1. The Bertz CT molecular complexity index is 379. The lowest BCUT2D eigenvalue weighted by atomic mass is 10.0. The normalized spacial score (nSPS) is 12.2. The van der Waals surface area contributed by atoms with Gasteiger partial charge in [-0.25, -0.2) is 0 Å². The van der Waals surface area contributed by atoms with Crippen LogP contribution in [0.3, 0.4) is 0 Å². The maximum absolute atomic E-state index is 5.74. The van der Waals surface area contributed by atoms with E-state index < -0.39 is 0 Å². The van der Waals surface area contributed by atoms with Gasteiger partial charge in [0.1, 0.15) is 12.4 Å². The highest BCUT2D eigenvalue weighted by atomic mass is 35.5. The highest BCUT2D eigenvalue weighted by molar-refractivity contribution is 6.29. The highest BCUT2D eigenvalue weighted by Gasteiger charge is 2.13. The van der Waals surface area contributed by atoms with Gasteiger partial charge in [-0.1, -0.05) is 50.2 Å². The Kier molecular flexibility index (Phi) is 6.84. The second kappa shape index (κ2) is 8.17. The van der Waals surface area contributed by atoms with E-state index in [4.69, 9.17) is 16.3 Å². The van der Waals surface area contributed by atoms with Gasteiger partial charge in [0.15, 0.2) is 0 Å². The van der Waals surface area contributed by atoms with Gasteiger partial charge in [0.05, 0.1) is 0 Å². The number of hydrogen-bond donors (Lipinski definition) is 1. The molecule has 0 aliphatic heterocycles.